The van der Waals surface area contributed by atoms with Crippen LogP contribution in [0.4, 0.5) is 5.69 Å². The Kier molecular flexibility index (Phi) is 3.16. The van der Waals surface area contributed by atoms with Gasteiger partial charge in [0.25, 0.3) is 0 Å². The number of rotatable bonds is 3. The van der Waals surface area contributed by atoms with E-state index in [-0.39, 0.29) is 13.0 Å². The lowest BCUT2D eigenvalue weighted by atomic mass is 10.2. The van der Waals surface area contributed by atoms with Crippen LogP contribution in [0.3, 0.4) is 0 Å². The molecule has 0 aliphatic carbocycles. The first-order valence-electron chi connectivity index (χ1n) is 5.35. The maximum absolute atomic E-state index is 12.0. The number of aliphatic carboxylic acids is 1. The number of sulfonamides is 1. The molecule has 1 aliphatic rings. The van der Waals surface area contributed by atoms with E-state index in [1.54, 1.807) is 24.3 Å². The van der Waals surface area contributed by atoms with Crippen LogP contribution in [0.5, 0.6) is 5.75 Å². The minimum atomic E-state index is -3.81. The van der Waals surface area contributed by atoms with Gasteiger partial charge in [-0.3, -0.25) is 9.10 Å². The van der Waals surface area contributed by atoms with Crippen LogP contribution < -0.4 is 9.04 Å². The molecule has 2 rings (SSSR count). The Hall–Kier alpha value is -1.76. The highest BCUT2D eigenvalue weighted by molar-refractivity contribution is 7.94. The first-order valence-corrected chi connectivity index (χ1v) is 6.85. The summed E-state index contributed by atoms with van der Waals surface area (Å²) in [5, 5.41) is 7.52. The molecule has 7 heteroatoms. The normalized spacial score (nSPS) is 21.8. The average Bonchev–Trinajstić information content (AvgIpc) is 2.65. The van der Waals surface area contributed by atoms with E-state index in [2.05, 4.69) is 0 Å². The van der Waals surface area contributed by atoms with Gasteiger partial charge in [0, 0.05) is 6.54 Å². The Labute approximate surface area is 105 Å². The van der Waals surface area contributed by atoms with Crippen molar-refractivity contribution in [2.24, 2.45) is 0 Å². The van der Waals surface area contributed by atoms with Gasteiger partial charge >= 0.3 is 5.97 Å². The first kappa shape index (κ1) is 12.7. The lowest BCUT2D eigenvalue weighted by Crippen LogP contribution is -2.33. The number of carboxylic acids is 1. The molecule has 1 aromatic carbocycles. The third-order valence-corrected chi connectivity index (χ3v) is 5.06. The van der Waals surface area contributed by atoms with Crippen molar-refractivity contribution >= 4 is 21.7 Å². The number of hydrogen-bond acceptors (Lipinski definition) is 4. The molecule has 1 unspecified atom stereocenters. The molecule has 1 N–H and O–H groups in total. The van der Waals surface area contributed by atoms with E-state index in [0.717, 1.165) is 4.31 Å². The van der Waals surface area contributed by atoms with Crippen molar-refractivity contribution < 1.29 is 23.1 Å². The van der Waals surface area contributed by atoms with Crippen molar-refractivity contribution in [2.45, 2.75) is 11.7 Å². The molecule has 1 saturated heterocycles. The largest absolute Gasteiger partial charge is 0.497 e. The Balaban J connectivity index is 2.32. The smallest absolute Gasteiger partial charge is 0.323 e. The van der Waals surface area contributed by atoms with Crippen molar-refractivity contribution in [1.82, 2.24) is 0 Å². The third kappa shape index (κ3) is 2.01. The summed E-state index contributed by atoms with van der Waals surface area (Å²) in [6.07, 6.45) is 0.101. The monoisotopic (exact) mass is 271 g/mol. The fourth-order valence-electron chi connectivity index (χ4n) is 1.94. The van der Waals surface area contributed by atoms with Gasteiger partial charge in [-0.2, -0.15) is 0 Å². The van der Waals surface area contributed by atoms with Gasteiger partial charge in [-0.15, -0.1) is 0 Å². The maximum Gasteiger partial charge on any atom is 0.323 e. The van der Waals surface area contributed by atoms with E-state index in [4.69, 9.17) is 9.84 Å². The van der Waals surface area contributed by atoms with E-state index in [0.29, 0.717) is 11.4 Å². The van der Waals surface area contributed by atoms with Gasteiger partial charge in [-0.25, -0.2) is 8.42 Å². The summed E-state index contributed by atoms with van der Waals surface area (Å²) >= 11 is 0. The fraction of sp³-hybridized carbons (Fsp3) is 0.364. The zero-order valence-corrected chi connectivity index (χ0v) is 10.6. The molecule has 0 saturated carbocycles. The van der Waals surface area contributed by atoms with Gasteiger partial charge in [0.15, 0.2) is 5.25 Å². The van der Waals surface area contributed by atoms with E-state index >= 15 is 0 Å². The number of hydrogen-bond donors (Lipinski definition) is 1. The second-order valence-electron chi connectivity index (χ2n) is 3.93. The van der Waals surface area contributed by atoms with Crippen LogP contribution in [-0.2, 0) is 14.8 Å². The van der Waals surface area contributed by atoms with Crippen LogP contribution in [-0.4, -0.2) is 38.4 Å². The molecule has 0 bridgehead atoms. The number of carbonyl (C=O) groups is 1. The van der Waals surface area contributed by atoms with Gasteiger partial charge in [-0.05, 0) is 30.7 Å². The highest BCUT2D eigenvalue weighted by Gasteiger charge is 2.43. The van der Waals surface area contributed by atoms with Gasteiger partial charge in [0.2, 0.25) is 10.0 Å². The summed E-state index contributed by atoms with van der Waals surface area (Å²) in [5.74, 6) is -0.684. The Morgan fingerprint density at radius 2 is 2.00 bits per heavy atom. The van der Waals surface area contributed by atoms with E-state index in [1.165, 1.54) is 7.11 Å². The summed E-state index contributed by atoms with van der Waals surface area (Å²) < 4.78 is 30.1. The third-order valence-electron chi connectivity index (χ3n) is 2.90. The van der Waals surface area contributed by atoms with Gasteiger partial charge in [0.1, 0.15) is 5.75 Å². The molecule has 0 radical (unpaired) electrons. The van der Waals surface area contributed by atoms with Crippen molar-refractivity contribution in [3.8, 4) is 5.75 Å². The number of nitrogens with zero attached hydrogens (tertiary/aromatic N) is 1. The van der Waals surface area contributed by atoms with E-state index < -0.39 is 21.2 Å². The molecule has 1 fully saturated rings. The van der Waals surface area contributed by atoms with Crippen molar-refractivity contribution in [1.29, 1.82) is 0 Å². The van der Waals surface area contributed by atoms with Gasteiger partial charge < -0.3 is 9.84 Å². The summed E-state index contributed by atoms with van der Waals surface area (Å²) in [4.78, 5) is 10.9. The zero-order valence-electron chi connectivity index (χ0n) is 9.74. The van der Waals surface area contributed by atoms with Crippen molar-refractivity contribution in [3.05, 3.63) is 24.3 Å². The van der Waals surface area contributed by atoms with Crippen molar-refractivity contribution in [2.75, 3.05) is 18.0 Å². The standard InChI is InChI=1S/C11H13NO5S/c1-17-9-4-2-8(3-5-9)12-7-6-10(11(13)14)18(12,15)16/h2-5,10H,6-7H2,1H3,(H,13,14). The molecule has 0 aromatic heterocycles. The van der Waals surface area contributed by atoms with Crippen molar-refractivity contribution in [3.63, 3.8) is 0 Å². The number of benzene rings is 1. The second-order valence-corrected chi connectivity index (χ2v) is 5.97. The summed E-state index contributed by atoms with van der Waals surface area (Å²) in [7, 11) is -2.29. The number of methoxy groups -OCH3 is 1. The lowest BCUT2D eigenvalue weighted by molar-refractivity contribution is -0.136. The molecule has 6 nitrogen and oxygen atoms in total. The SMILES string of the molecule is COc1ccc(N2CCC(C(=O)O)S2(=O)=O)cc1. The van der Waals surface area contributed by atoms with Crippen LogP contribution in [0.15, 0.2) is 24.3 Å². The van der Waals surface area contributed by atoms with Gasteiger partial charge in [0.05, 0.1) is 12.8 Å². The van der Waals surface area contributed by atoms with Crippen LogP contribution >= 0.6 is 0 Å². The highest BCUT2D eigenvalue weighted by Crippen LogP contribution is 2.29. The van der Waals surface area contributed by atoms with E-state index in [9.17, 15) is 13.2 Å². The first-order chi connectivity index (χ1) is 8.46. The molecule has 1 atom stereocenters. The molecule has 1 aliphatic heterocycles. The molecular formula is C11H13NO5S. The molecule has 0 spiro atoms. The molecule has 18 heavy (non-hydrogen) atoms. The summed E-state index contributed by atoms with van der Waals surface area (Å²) in [6, 6.07) is 6.47. The molecule has 98 valence electrons. The molecule has 1 aromatic rings. The average molecular weight is 271 g/mol. The predicted octanol–water partition coefficient (Wildman–Crippen LogP) is 0.688. The minimum Gasteiger partial charge on any atom is -0.497 e. The fourth-order valence-corrected chi connectivity index (χ4v) is 3.68. The molecule has 1 heterocycles. The van der Waals surface area contributed by atoms with Crippen LogP contribution in [0, 0.1) is 0 Å². The number of anilines is 1. The highest BCUT2D eigenvalue weighted by atomic mass is 32.2. The quantitative estimate of drug-likeness (QED) is 0.874. The number of carboxylic acid groups (broad SMARTS) is 1. The van der Waals surface area contributed by atoms with Gasteiger partial charge in [-0.1, -0.05) is 0 Å². The van der Waals surface area contributed by atoms with Crippen LogP contribution in [0.1, 0.15) is 6.42 Å². The number of ether oxygens (including phenoxy) is 1. The molecular weight excluding hydrogens is 258 g/mol. The Morgan fingerprint density at radius 1 is 1.39 bits per heavy atom. The van der Waals surface area contributed by atoms with Crippen LogP contribution in [0.25, 0.3) is 0 Å². The Morgan fingerprint density at radius 3 is 2.44 bits per heavy atom. The lowest BCUT2D eigenvalue weighted by Gasteiger charge is -2.18. The second kappa shape index (κ2) is 4.49. The topological polar surface area (TPSA) is 83.9 Å². The molecule has 0 amide bonds. The predicted molar refractivity (Wildman–Crippen MR) is 65.3 cm³/mol. The minimum absolute atomic E-state index is 0.101. The Bertz CT molecular complexity index is 551. The zero-order chi connectivity index (χ0) is 13.3. The maximum atomic E-state index is 12.0. The summed E-state index contributed by atoms with van der Waals surface area (Å²) in [5.41, 5.74) is 0.458. The van der Waals surface area contributed by atoms with E-state index in [1.807, 2.05) is 0 Å². The summed E-state index contributed by atoms with van der Waals surface area (Å²) in [6.45, 7) is 0.186. The van der Waals surface area contributed by atoms with Crippen LogP contribution in [0.2, 0.25) is 0 Å².